The zero-order valence-corrected chi connectivity index (χ0v) is 13.8. The molecule has 0 bridgehead atoms. The van der Waals surface area contributed by atoms with Gasteiger partial charge in [0, 0.05) is 30.1 Å². The van der Waals surface area contributed by atoms with Crippen molar-refractivity contribution in [3.63, 3.8) is 0 Å². The van der Waals surface area contributed by atoms with Gasteiger partial charge in [-0.15, -0.1) is 11.3 Å². The Hall–Kier alpha value is -0.450. The summed E-state index contributed by atoms with van der Waals surface area (Å²) in [6.45, 7) is 8.35. The summed E-state index contributed by atoms with van der Waals surface area (Å²) in [6, 6.07) is 0.577. The quantitative estimate of drug-likeness (QED) is 0.756. The SMILES string of the molecule is CCCNC(Cc1nc(C)cs1)CC1CC(OCC)C1. The number of hydrogen-bond donors (Lipinski definition) is 1. The molecule has 3 nitrogen and oxygen atoms in total. The van der Waals surface area contributed by atoms with Gasteiger partial charge in [0.05, 0.1) is 11.1 Å². The monoisotopic (exact) mass is 296 g/mol. The molecule has 0 aliphatic heterocycles. The molecule has 0 radical (unpaired) electrons. The van der Waals surface area contributed by atoms with Gasteiger partial charge in [0.15, 0.2) is 0 Å². The molecule has 114 valence electrons. The van der Waals surface area contributed by atoms with Crippen molar-refractivity contribution in [2.24, 2.45) is 5.92 Å². The lowest BCUT2D eigenvalue weighted by atomic mass is 9.77. The lowest BCUT2D eigenvalue weighted by molar-refractivity contribution is -0.0290. The molecule has 1 N–H and O–H groups in total. The number of nitrogens with zero attached hydrogens (tertiary/aromatic N) is 1. The summed E-state index contributed by atoms with van der Waals surface area (Å²) in [5.74, 6) is 0.835. The van der Waals surface area contributed by atoms with Crippen LogP contribution in [0.25, 0.3) is 0 Å². The van der Waals surface area contributed by atoms with Crippen molar-refractivity contribution in [2.75, 3.05) is 13.2 Å². The first kappa shape index (κ1) is 15.9. The smallest absolute Gasteiger partial charge is 0.0943 e. The van der Waals surface area contributed by atoms with Crippen LogP contribution in [0.2, 0.25) is 0 Å². The normalized spacial score (nSPS) is 23.6. The van der Waals surface area contributed by atoms with E-state index in [1.807, 2.05) is 0 Å². The van der Waals surface area contributed by atoms with Crippen LogP contribution in [0.4, 0.5) is 0 Å². The van der Waals surface area contributed by atoms with Crippen LogP contribution in [0.15, 0.2) is 5.38 Å². The van der Waals surface area contributed by atoms with Crippen LogP contribution in [0.3, 0.4) is 0 Å². The van der Waals surface area contributed by atoms with E-state index >= 15 is 0 Å². The molecule has 1 aliphatic rings. The average molecular weight is 296 g/mol. The van der Waals surface area contributed by atoms with Gasteiger partial charge in [-0.1, -0.05) is 6.92 Å². The molecule has 0 aromatic carbocycles. The van der Waals surface area contributed by atoms with Gasteiger partial charge in [0.1, 0.15) is 0 Å². The summed E-state index contributed by atoms with van der Waals surface area (Å²) < 4.78 is 5.66. The molecule has 1 saturated carbocycles. The lowest BCUT2D eigenvalue weighted by Gasteiger charge is -2.37. The molecule has 0 spiro atoms. The molecule has 1 unspecified atom stereocenters. The van der Waals surface area contributed by atoms with E-state index in [0.29, 0.717) is 12.1 Å². The maximum Gasteiger partial charge on any atom is 0.0943 e. The van der Waals surface area contributed by atoms with E-state index in [9.17, 15) is 0 Å². The first-order chi connectivity index (χ1) is 9.71. The maximum atomic E-state index is 5.66. The van der Waals surface area contributed by atoms with E-state index in [1.54, 1.807) is 11.3 Å². The second-order valence-electron chi connectivity index (χ2n) is 5.89. The van der Waals surface area contributed by atoms with E-state index in [0.717, 1.165) is 31.2 Å². The van der Waals surface area contributed by atoms with Crippen LogP contribution in [0.1, 0.15) is 50.2 Å². The molecule has 0 amide bonds. The Balaban J connectivity index is 1.78. The van der Waals surface area contributed by atoms with E-state index in [1.165, 1.54) is 30.7 Å². The van der Waals surface area contributed by atoms with Crippen molar-refractivity contribution in [2.45, 2.75) is 65.0 Å². The van der Waals surface area contributed by atoms with Crippen molar-refractivity contribution in [3.05, 3.63) is 16.1 Å². The highest BCUT2D eigenvalue weighted by Crippen LogP contribution is 2.34. The van der Waals surface area contributed by atoms with Gasteiger partial charge < -0.3 is 10.1 Å². The molecule has 1 heterocycles. The van der Waals surface area contributed by atoms with Crippen LogP contribution in [0, 0.1) is 12.8 Å². The molecule has 20 heavy (non-hydrogen) atoms. The van der Waals surface area contributed by atoms with Gasteiger partial charge in [-0.2, -0.15) is 0 Å². The highest BCUT2D eigenvalue weighted by Gasteiger charge is 2.31. The summed E-state index contributed by atoms with van der Waals surface area (Å²) in [5.41, 5.74) is 1.15. The lowest BCUT2D eigenvalue weighted by Crippen LogP contribution is -2.39. The Morgan fingerprint density at radius 2 is 2.25 bits per heavy atom. The number of thiazole rings is 1. The summed E-state index contributed by atoms with van der Waals surface area (Å²) in [6.07, 6.45) is 6.55. The molecule has 1 atom stereocenters. The van der Waals surface area contributed by atoms with E-state index in [-0.39, 0.29) is 0 Å². The van der Waals surface area contributed by atoms with Gasteiger partial charge in [-0.25, -0.2) is 4.98 Å². The summed E-state index contributed by atoms with van der Waals surface area (Å²) in [4.78, 5) is 4.61. The van der Waals surface area contributed by atoms with Gasteiger partial charge in [-0.3, -0.25) is 0 Å². The predicted octanol–water partition coefficient (Wildman–Crippen LogP) is 3.57. The largest absolute Gasteiger partial charge is 0.378 e. The van der Waals surface area contributed by atoms with Crippen molar-refractivity contribution >= 4 is 11.3 Å². The third-order valence-electron chi connectivity index (χ3n) is 3.98. The molecular weight excluding hydrogens is 268 g/mol. The van der Waals surface area contributed by atoms with Gasteiger partial charge in [0.2, 0.25) is 0 Å². The minimum Gasteiger partial charge on any atom is -0.378 e. The minimum atomic E-state index is 0.527. The Morgan fingerprint density at radius 1 is 1.45 bits per heavy atom. The summed E-state index contributed by atoms with van der Waals surface area (Å²) >= 11 is 1.80. The maximum absolute atomic E-state index is 5.66. The number of aromatic nitrogens is 1. The van der Waals surface area contributed by atoms with Crippen LogP contribution in [-0.2, 0) is 11.2 Å². The number of nitrogens with one attached hydrogen (secondary N) is 1. The number of rotatable bonds is 9. The average Bonchev–Trinajstić information content (AvgIpc) is 2.78. The van der Waals surface area contributed by atoms with E-state index in [4.69, 9.17) is 4.74 Å². The summed E-state index contributed by atoms with van der Waals surface area (Å²) in [7, 11) is 0. The van der Waals surface area contributed by atoms with Crippen molar-refractivity contribution in [3.8, 4) is 0 Å². The predicted molar refractivity (Wildman–Crippen MR) is 85.4 cm³/mol. The third kappa shape index (κ3) is 4.83. The first-order valence-electron chi connectivity index (χ1n) is 7.97. The van der Waals surface area contributed by atoms with Crippen molar-refractivity contribution in [1.29, 1.82) is 0 Å². The van der Waals surface area contributed by atoms with Gasteiger partial charge in [-0.05, 0) is 52.0 Å². The molecule has 1 aromatic heterocycles. The minimum absolute atomic E-state index is 0.527. The molecular formula is C16H28N2OS. The standard InChI is InChI=1S/C16H28N2OS/c1-4-6-17-14(10-16-18-12(3)11-20-16)7-13-8-15(9-13)19-5-2/h11,13-15,17H,4-10H2,1-3H3. The highest BCUT2D eigenvalue weighted by molar-refractivity contribution is 7.09. The summed E-state index contributed by atoms with van der Waals surface area (Å²) in [5, 5.41) is 7.13. The fourth-order valence-electron chi connectivity index (χ4n) is 2.94. The zero-order chi connectivity index (χ0) is 14.4. The van der Waals surface area contributed by atoms with E-state index < -0.39 is 0 Å². The Labute approximate surface area is 127 Å². The topological polar surface area (TPSA) is 34.2 Å². The second kappa shape index (κ2) is 8.11. The Bertz CT molecular complexity index is 388. The number of ether oxygens (including phenoxy) is 1. The number of hydrogen-bond acceptors (Lipinski definition) is 4. The zero-order valence-electron chi connectivity index (χ0n) is 13.0. The highest BCUT2D eigenvalue weighted by atomic mass is 32.1. The van der Waals surface area contributed by atoms with Crippen LogP contribution < -0.4 is 5.32 Å². The van der Waals surface area contributed by atoms with Crippen LogP contribution in [-0.4, -0.2) is 30.3 Å². The van der Waals surface area contributed by atoms with Crippen LogP contribution in [0.5, 0.6) is 0 Å². The Kier molecular flexibility index (Phi) is 6.46. The fourth-order valence-corrected chi connectivity index (χ4v) is 3.79. The van der Waals surface area contributed by atoms with Gasteiger partial charge in [0.25, 0.3) is 0 Å². The molecule has 1 aromatic rings. The van der Waals surface area contributed by atoms with E-state index in [2.05, 4.69) is 36.5 Å². The van der Waals surface area contributed by atoms with Gasteiger partial charge >= 0.3 is 0 Å². The molecule has 1 aliphatic carbocycles. The molecule has 1 fully saturated rings. The molecule has 0 saturated heterocycles. The fraction of sp³-hybridized carbons (Fsp3) is 0.812. The van der Waals surface area contributed by atoms with Crippen molar-refractivity contribution in [1.82, 2.24) is 10.3 Å². The number of aryl methyl sites for hydroxylation is 1. The molecule has 4 heteroatoms. The molecule has 2 rings (SSSR count). The van der Waals surface area contributed by atoms with Crippen molar-refractivity contribution < 1.29 is 4.74 Å². The second-order valence-corrected chi connectivity index (χ2v) is 6.83. The van der Waals surface area contributed by atoms with Crippen LogP contribution >= 0.6 is 11.3 Å². The first-order valence-corrected chi connectivity index (χ1v) is 8.85. The Morgan fingerprint density at radius 3 is 2.85 bits per heavy atom. The third-order valence-corrected chi connectivity index (χ3v) is 4.97.